The molecule has 32 heavy (non-hydrogen) atoms. The van der Waals surface area contributed by atoms with Gasteiger partial charge in [-0.15, -0.1) is 0 Å². The van der Waals surface area contributed by atoms with E-state index in [1.807, 2.05) is 0 Å². The zero-order valence-electron chi connectivity index (χ0n) is 21.1. The summed E-state index contributed by atoms with van der Waals surface area (Å²) in [4.78, 5) is 12.4. The molecular formula is C26H54N4O2. The summed E-state index contributed by atoms with van der Waals surface area (Å²) in [5.74, 6) is 0.190. The third-order valence-electron chi connectivity index (χ3n) is 6.42. The smallest absolute Gasteiger partial charge is 0.221 e. The van der Waals surface area contributed by atoms with Crippen molar-refractivity contribution < 1.29 is 9.90 Å². The Bertz CT molecular complexity index is 423. The molecule has 0 bridgehead atoms. The molecule has 0 radical (unpaired) electrons. The zero-order chi connectivity index (χ0) is 23.1. The number of aliphatic hydroxyl groups is 1. The largest absolute Gasteiger partial charge is 0.393 e. The van der Waals surface area contributed by atoms with Crippen LogP contribution in [-0.2, 0) is 4.79 Å². The lowest BCUT2D eigenvalue weighted by molar-refractivity contribution is -0.121. The van der Waals surface area contributed by atoms with Crippen LogP contribution >= 0.6 is 0 Å². The van der Waals surface area contributed by atoms with Crippen LogP contribution in [0.3, 0.4) is 0 Å². The quantitative estimate of drug-likeness (QED) is 0.289. The molecule has 1 heterocycles. The standard InChI is InChI=1S/C26H54N4O2/c1-2-14-25(31)16-9-7-5-3-4-6-8-15-24-23-26(32)30-22-13-20-28-18-11-10-17-27-19-12-21-29-24/h24-25,27-29,31H,2-23H2,1H3,(H,30,32). The van der Waals surface area contributed by atoms with Gasteiger partial charge in [-0.1, -0.05) is 58.3 Å². The van der Waals surface area contributed by atoms with Crippen LogP contribution in [0.4, 0.5) is 0 Å². The Balaban J connectivity index is 2.17. The van der Waals surface area contributed by atoms with E-state index in [2.05, 4.69) is 28.2 Å². The summed E-state index contributed by atoms with van der Waals surface area (Å²) in [6, 6.07) is 0.295. The molecule has 2 unspecified atom stereocenters. The Labute approximate surface area is 198 Å². The van der Waals surface area contributed by atoms with E-state index in [-0.39, 0.29) is 12.0 Å². The molecule has 0 aromatic rings. The summed E-state index contributed by atoms with van der Waals surface area (Å²) in [6.07, 6.45) is 17.9. The van der Waals surface area contributed by atoms with Crippen molar-refractivity contribution >= 4 is 5.91 Å². The van der Waals surface area contributed by atoms with E-state index >= 15 is 0 Å². The molecule has 0 spiro atoms. The Hall–Kier alpha value is -0.690. The number of hydrogen-bond donors (Lipinski definition) is 5. The van der Waals surface area contributed by atoms with Crippen LogP contribution in [-0.4, -0.2) is 62.4 Å². The SMILES string of the molecule is CCCC(O)CCCCCCCCCC1CC(=O)NCCCNCCCCNCCCN1. The van der Waals surface area contributed by atoms with Crippen molar-refractivity contribution in [3.63, 3.8) is 0 Å². The minimum atomic E-state index is -0.0876. The second kappa shape index (κ2) is 22.1. The molecule has 1 amide bonds. The molecule has 190 valence electrons. The van der Waals surface area contributed by atoms with Gasteiger partial charge in [0, 0.05) is 19.0 Å². The van der Waals surface area contributed by atoms with Gasteiger partial charge in [-0.2, -0.15) is 0 Å². The normalized spacial score (nSPS) is 21.6. The number of nitrogens with one attached hydrogen (secondary N) is 4. The Morgan fingerprint density at radius 3 is 2.06 bits per heavy atom. The van der Waals surface area contributed by atoms with Crippen molar-refractivity contribution in [2.24, 2.45) is 0 Å². The third kappa shape index (κ3) is 18.8. The number of hydrogen-bond acceptors (Lipinski definition) is 5. The minimum Gasteiger partial charge on any atom is -0.393 e. The molecule has 1 aliphatic heterocycles. The lowest BCUT2D eigenvalue weighted by Crippen LogP contribution is -2.37. The van der Waals surface area contributed by atoms with E-state index < -0.39 is 0 Å². The number of aliphatic hydroxyl groups excluding tert-OH is 1. The number of carbonyl (C=O) groups excluding carboxylic acids is 1. The Kier molecular flexibility index (Phi) is 20.3. The van der Waals surface area contributed by atoms with E-state index in [4.69, 9.17) is 0 Å². The highest BCUT2D eigenvalue weighted by Crippen LogP contribution is 2.13. The summed E-state index contributed by atoms with van der Waals surface area (Å²) in [6.45, 7) is 8.09. The van der Waals surface area contributed by atoms with Crippen LogP contribution in [0.25, 0.3) is 0 Å². The van der Waals surface area contributed by atoms with Crippen molar-refractivity contribution in [2.45, 2.75) is 122 Å². The van der Waals surface area contributed by atoms with E-state index in [0.717, 1.165) is 84.2 Å². The molecule has 0 aliphatic carbocycles. The zero-order valence-corrected chi connectivity index (χ0v) is 21.1. The minimum absolute atomic E-state index is 0.0876. The number of amides is 1. The highest BCUT2D eigenvalue weighted by atomic mass is 16.3. The fourth-order valence-corrected chi connectivity index (χ4v) is 4.42. The highest BCUT2D eigenvalue weighted by Gasteiger charge is 2.13. The molecular weight excluding hydrogens is 400 g/mol. The van der Waals surface area contributed by atoms with Gasteiger partial charge in [-0.05, 0) is 77.7 Å². The summed E-state index contributed by atoms with van der Waals surface area (Å²) < 4.78 is 0. The molecule has 1 saturated heterocycles. The van der Waals surface area contributed by atoms with Crippen LogP contribution in [0, 0.1) is 0 Å². The maximum absolute atomic E-state index is 12.4. The number of carbonyl (C=O) groups is 1. The van der Waals surface area contributed by atoms with Gasteiger partial charge < -0.3 is 26.4 Å². The van der Waals surface area contributed by atoms with Gasteiger partial charge in [-0.25, -0.2) is 0 Å². The van der Waals surface area contributed by atoms with Crippen LogP contribution < -0.4 is 21.3 Å². The Morgan fingerprint density at radius 1 is 0.781 bits per heavy atom. The lowest BCUT2D eigenvalue weighted by atomic mass is 10.0. The fourth-order valence-electron chi connectivity index (χ4n) is 4.42. The predicted octanol–water partition coefficient (Wildman–Crippen LogP) is 3.88. The second-order valence-electron chi connectivity index (χ2n) is 9.61. The molecule has 0 aromatic carbocycles. The molecule has 1 rings (SSSR count). The summed E-state index contributed by atoms with van der Waals surface area (Å²) >= 11 is 0. The molecule has 6 heteroatoms. The van der Waals surface area contributed by atoms with Gasteiger partial charge in [0.05, 0.1) is 6.10 Å². The monoisotopic (exact) mass is 454 g/mol. The van der Waals surface area contributed by atoms with Crippen molar-refractivity contribution in [3.05, 3.63) is 0 Å². The molecule has 5 N–H and O–H groups in total. The maximum Gasteiger partial charge on any atom is 0.221 e. The van der Waals surface area contributed by atoms with E-state index in [1.165, 1.54) is 51.4 Å². The van der Waals surface area contributed by atoms with Crippen molar-refractivity contribution in [2.75, 3.05) is 39.3 Å². The van der Waals surface area contributed by atoms with E-state index in [9.17, 15) is 9.90 Å². The van der Waals surface area contributed by atoms with Gasteiger partial charge in [0.1, 0.15) is 0 Å². The topological polar surface area (TPSA) is 85.4 Å². The molecule has 2 atom stereocenters. The average Bonchev–Trinajstić information content (AvgIpc) is 2.77. The first-order valence-electron chi connectivity index (χ1n) is 13.8. The van der Waals surface area contributed by atoms with Gasteiger partial charge in [0.25, 0.3) is 0 Å². The van der Waals surface area contributed by atoms with Crippen molar-refractivity contribution in [3.8, 4) is 0 Å². The molecule has 0 saturated carbocycles. The molecule has 1 fully saturated rings. The molecule has 1 aliphatic rings. The average molecular weight is 455 g/mol. The summed E-state index contributed by atoms with van der Waals surface area (Å²) in [7, 11) is 0. The third-order valence-corrected chi connectivity index (χ3v) is 6.42. The van der Waals surface area contributed by atoms with Gasteiger partial charge in [0.2, 0.25) is 5.91 Å². The molecule has 0 aromatic heterocycles. The summed E-state index contributed by atoms with van der Waals surface area (Å²) in [5.41, 5.74) is 0. The lowest BCUT2D eigenvalue weighted by Gasteiger charge is -2.19. The van der Waals surface area contributed by atoms with Crippen molar-refractivity contribution in [1.29, 1.82) is 0 Å². The first kappa shape index (κ1) is 29.3. The fraction of sp³-hybridized carbons (Fsp3) is 0.962. The number of rotatable bonds is 12. The summed E-state index contributed by atoms with van der Waals surface area (Å²) in [5, 5.41) is 23.5. The van der Waals surface area contributed by atoms with Crippen molar-refractivity contribution in [1.82, 2.24) is 21.3 Å². The van der Waals surface area contributed by atoms with Crippen LogP contribution in [0.2, 0.25) is 0 Å². The van der Waals surface area contributed by atoms with E-state index in [0.29, 0.717) is 12.5 Å². The van der Waals surface area contributed by atoms with Gasteiger partial charge in [-0.3, -0.25) is 4.79 Å². The maximum atomic E-state index is 12.4. The van der Waals surface area contributed by atoms with Crippen LogP contribution in [0.5, 0.6) is 0 Å². The van der Waals surface area contributed by atoms with Crippen LogP contribution in [0.15, 0.2) is 0 Å². The first-order chi connectivity index (χ1) is 15.7. The van der Waals surface area contributed by atoms with Crippen LogP contribution in [0.1, 0.15) is 110 Å². The Morgan fingerprint density at radius 2 is 1.38 bits per heavy atom. The molecule has 6 nitrogen and oxygen atoms in total. The second-order valence-corrected chi connectivity index (χ2v) is 9.61. The van der Waals surface area contributed by atoms with Gasteiger partial charge >= 0.3 is 0 Å². The number of unbranched alkanes of at least 4 members (excludes halogenated alkanes) is 6. The highest BCUT2D eigenvalue weighted by molar-refractivity contribution is 5.76. The predicted molar refractivity (Wildman–Crippen MR) is 136 cm³/mol. The van der Waals surface area contributed by atoms with Gasteiger partial charge in [0.15, 0.2) is 0 Å². The first-order valence-corrected chi connectivity index (χ1v) is 13.8. The van der Waals surface area contributed by atoms with E-state index in [1.54, 1.807) is 0 Å².